The van der Waals surface area contributed by atoms with E-state index in [2.05, 4.69) is 23.5 Å². The molecule has 3 rings (SSSR count). The first-order chi connectivity index (χ1) is 7.92. The Morgan fingerprint density at radius 1 is 1.19 bits per heavy atom. The normalized spacial score (nSPS) is 23.4. The fourth-order valence-corrected chi connectivity index (χ4v) is 2.72. The third-order valence-electron chi connectivity index (χ3n) is 3.66. The highest BCUT2D eigenvalue weighted by atomic mass is 16.5. The topological polar surface area (TPSA) is 21.3 Å². The maximum atomic E-state index is 5.60. The van der Waals surface area contributed by atoms with Gasteiger partial charge in [0, 0.05) is 18.8 Å². The smallest absolute Gasteiger partial charge is 0.0748 e. The van der Waals surface area contributed by atoms with Crippen molar-refractivity contribution in [3.63, 3.8) is 0 Å². The van der Waals surface area contributed by atoms with Gasteiger partial charge in [-0.1, -0.05) is 6.07 Å². The molecule has 1 unspecified atom stereocenters. The summed E-state index contributed by atoms with van der Waals surface area (Å²) in [7, 11) is 0. The van der Waals surface area contributed by atoms with E-state index in [4.69, 9.17) is 4.74 Å². The van der Waals surface area contributed by atoms with E-state index in [1.54, 1.807) is 5.56 Å². The van der Waals surface area contributed by atoms with Gasteiger partial charge < -0.3 is 10.1 Å². The van der Waals surface area contributed by atoms with E-state index in [1.165, 1.54) is 43.4 Å². The van der Waals surface area contributed by atoms with E-state index in [9.17, 15) is 0 Å². The van der Waals surface area contributed by atoms with E-state index in [1.807, 2.05) is 0 Å². The number of benzene rings is 1. The van der Waals surface area contributed by atoms with Crippen molar-refractivity contribution in [3.05, 3.63) is 29.3 Å². The highest BCUT2D eigenvalue weighted by Gasteiger charge is 2.15. The number of anilines is 1. The lowest BCUT2D eigenvalue weighted by Crippen LogP contribution is -2.18. The monoisotopic (exact) mass is 217 g/mol. The number of fused-ring (bicyclic) bond motifs is 1. The first-order valence-electron chi connectivity index (χ1n) is 6.39. The van der Waals surface area contributed by atoms with Crippen LogP contribution in [0.4, 0.5) is 5.69 Å². The molecule has 0 spiro atoms. The molecule has 2 nitrogen and oxygen atoms in total. The minimum Gasteiger partial charge on any atom is -0.382 e. The van der Waals surface area contributed by atoms with Crippen LogP contribution in [-0.2, 0) is 17.6 Å². The molecule has 1 aromatic rings. The number of hydrogen-bond donors (Lipinski definition) is 1. The first kappa shape index (κ1) is 10.2. The molecule has 1 fully saturated rings. The minimum atomic E-state index is 0.424. The van der Waals surface area contributed by atoms with Crippen molar-refractivity contribution in [1.29, 1.82) is 0 Å². The molecule has 0 aromatic heterocycles. The van der Waals surface area contributed by atoms with Crippen molar-refractivity contribution in [1.82, 2.24) is 0 Å². The average molecular weight is 217 g/mol. The van der Waals surface area contributed by atoms with Gasteiger partial charge in [-0.05, 0) is 55.4 Å². The largest absolute Gasteiger partial charge is 0.382 e. The van der Waals surface area contributed by atoms with Gasteiger partial charge >= 0.3 is 0 Å². The van der Waals surface area contributed by atoms with Crippen molar-refractivity contribution in [2.24, 2.45) is 0 Å². The molecule has 1 heterocycles. The molecule has 16 heavy (non-hydrogen) atoms. The summed E-state index contributed by atoms with van der Waals surface area (Å²) in [5.41, 5.74) is 4.34. The van der Waals surface area contributed by atoms with Crippen LogP contribution in [0.2, 0.25) is 0 Å². The van der Waals surface area contributed by atoms with E-state index in [0.717, 1.165) is 13.2 Å². The Morgan fingerprint density at radius 3 is 3.00 bits per heavy atom. The van der Waals surface area contributed by atoms with Crippen LogP contribution in [0, 0.1) is 0 Å². The number of ether oxygens (including phenoxy) is 1. The van der Waals surface area contributed by atoms with Gasteiger partial charge in [0.15, 0.2) is 0 Å². The number of aryl methyl sites for hydroxylation is 2. The molecule has 1 atom stereocenters. The highest BCUT2D eigenvalue weighted by Crippen LogP contribution is 2.25. The van der Waals surface area contributed by atoms with Crippen LogP contribution in [0.5, 0.6) is 0 Å². The summed E-state index contributed by atoms with van der Waals surface area (Å²) in [5, 5.41) is 3.49. The molecular weight excluding hydrogens is 198 g/mol. The van der Waals surface area contributed by atoms with Crippen LogP contribution in [0.3, 0.4) is 0 Å². The summed E-state index contributed by atoms with van der Waals surface area (Å²) < 4.78 is 5.60. The van der Waals surface area contributed by atoms with Crippen molar-refractivity contribution in [2.75, 3.05) is 18.5 Å². The van der Waals surface area contributed by atoms with E-state index >= 15 is 0 Å². The second-order valence-electron chi connectivity index (χ2n) is 4.85. The van der Waals surface area contributed by atoms with E-state index in [0.29, 0.717) is 6.10 Å². The lowest BCUT2D eigenvalue weighted by Gasteiger charge is -2.12. The molecule has 0 radical (unpaired) electrons. The Balaban J connectivity index is 1.61. The number of nitrogens with one attached hydrogen (secondary N) is 1. The Hall–Kier alpha value is -1.02. The average Bonchev–Trinajstić information content (AvgIpc) is 2.97. The zero-order valence-electron chi connectivity index (χ0n) is 9.67. The van der Waals surface area contributed by atoms with Gasteiger partial charge in [0.05, 0.1) is 6.10 Å². The van der Waals surface area contributed by atoms with Gasteiger partial charge in [-0.2, -0.15) is 0 Å². The third-order valence-corrected chi connectivity index (χ3v) is 3.66. The lowest BCUT2D eigenvalue weighted by molar-refractivity contribution is 0.120. The SMILES string of the molecule is c1cc2c(cc1NCC1CCCO1)CCC2. The van der Waals surface area contributed by atoms with Gasteiger partial charge in [-0.15, -0.1) is 0 Å². The fourth-order valence-electron chi connectivity index (χ4n) is 2.72. The molecule has 2 heteroatoms. The molecule has 0 amide bonds. The summed E-state index contributed by atoms with van der Waals surface area (Å²) in [5.74, 6) is 0. The second kappa shape index (κ2) is 4.46. The maximum Gasteiger partial charge on any atom is 0.0748 e. The quantitative estimate of drug-likeness (QED) is 0.840. The van der Waals surface area contributed by atoms with Gasteiger partial charge in [0.2, 0.25) is 0 Å². The summed E-state index contributed by atoms with van der Waals surface area (Å²) >= 11 is 0. The van der Waals surface area contributed by atoms with Crippen molar-refractivity contribution >= 4 is 5.69 Å². The first-order valence-corrected chi connectivity index (χ1v) is 6.39. The van der Waals surface area contributed by atoms with Gasteiger partial charge in [0.25, 0.3) is 0 Å². The summed E-state index contributed by atoms with van der Waals surface area (Å²) in [6.07, 6.45) is 6.69. The standard InChI is InChI=1S/C14H19NO/c1-3-11-6-7-13(9-12(11)4-1)15-10-14-5-2-8-16-14/h6-7,9,14-15H,1-5,8,10H2. The van der Waals surface area contributed by atoms with Crippen LogP contribution in [0.1, 0.15) is 30.4 Å². The van der Waals surface area contributed by atoms with Crippen LogP contribution >= 0.6 is 0 Å². The van der Waals surface area contributed by atoms with Crippen molar-refractivity contribution in [3.8, 4) is 0 Å². The maximum absolute atomic E-state index is 5.60. The second-order valence-corrected chi connectivity index (χ2v) is 4.85. The lowest BCUT2D eigenvalue weighted by atomic mass is 10.1. The van der Waals surface area contributed by atoms with E-state index < -0.39 is 0 Å². The summed E-state index contributed by atoms with van der Waals surface area (Å²) in [6.45, 7) is 1.90. The fraction of sp³-hybridized carbons (Fsp3) is 0.571. The molecule has 2 aliphatic rings. The molecule has 1 saturated heterocycles. The molecule has 0 bridgehead atoms. The Labute approximate surface area is 97.0 Å². The minimum absolute atomic E-state index is 0.424. The van der Waals surface area contributed by atoms with Crippen LogP contribution in [0.25, 0.3) is 0 Å². The van der Waals surface area contributed by atoms with Gasteiger partial charge in [-0.25, -0.2) is 0 Å². The molecular formula is C14H19NO. The van der Waals surface area contributed by atoms with E-state index in [-0.39, 0.29) is 0 Å². The van der Waals surface area contributed by atoms with Crippen molar-refractivity contribution < 1.29 is 4.74 Å². The third kappa shape index (κ3) is 2.07. The highest BCUT2D eigenvalue weighted by molar-refractivity contribution is 5.50. The summed E-state index contributed by atoms with van der Waals surface area (Å²) in [6, 6.07) is 6.80. The predicted octanol–water partition coefficient (Wildman–Crippen LogP) is 2.77. The van der Waals surface area contributed by atoms with Gasteiger partial charge in [0.1, 0.15) is 0 Å². The Morgan fingerprint density at radius 2 is 2.12 bits per heavy atom. The molecule has 1 N–H and O–H groups in total. The van der Waals surface area contributed by atoms with Crippen LogP contribution in [0.15, 0.2) is 18.2 Å². The predicted molar refractivity (Wildman–Crippen MR) is 65.9 cm³/mol. The number of hydrogen-bond acceptors (Lipinski definition) is 2. The molecule has 0 saturated carbocycles. The molecule has 1 aliphatic carbocycles. The van der Waals surface area contributed by atoms with Crippen molar-refractivity contribution in [2.45, 2.75) is 38.2 Å². The molecule has 1 aromatic carbocycles. The summed E-state index contributed by atoms with van der Waals surface area (Å²) in [4.78, 5) is 0. The zero-order valence-corrected chi connectivity index (χ0v) is 9.67. The van der Waals surface area contributed by atoms with Gasteiger partial charge in [-0.3, -0.25) is 0 Å². The Kier molecular flexibility index (Phi) is 2.83. The Bertz CT molecular complexity index is 369. The number of rotatable bonds is 3. The molecule has 86 valence electrons. The van der Waals surface area contributed by atoms with Crippen LogP contribution < -0.4 is 5.32 Å². The molecule has 1 aliphatic heterocycles. The van der Waals surface area contributed by atoms with Crippen LogP contribution in [-0.4, -0.2) is 19.3 Å². The zero-order chi connectivity index (χ0) is 10.8.